The van der Waals surface area contributed by atoms with E-state index >= 15 is 0 Å². The van der Waals surface area contributed by atoms with Crippen molar-refractivity contribution in [3.63, 3.8) is 0 Å². The van der Waals surface area contributed by atoms with Crippen LogP contribution in [0.2, 0.25) is 0 Å². The Hall–Kier alpha value is -3.13. The minimum atomic E-state index is -0.673. The number of H-pyrrole nitrogens is 1. The number of hydrogen-bond donors (Lipinski definition) is 4. The summed E-state index contributed by atoms with van der Waals surface area (Å²) in [5.74, 6) is 1.20. The molecule has 140 valence electrons. The standard InChI is InChI=1S/C19H22N6O2/c1-12(13-6-4-3-5-7-13)21-18(26)22-16-8-15-14(9-20-16)17(24-23-15)25-10-19(2,27)11-25/h3-9,12,27H,10-11H2,1-2H3,(H,23,24)(H2,20,21,22,26). The molecule has 4 rings (SSSR count). The van der Waals surface area contributed by atoms with Crippen LogP contribution in [0.25, 0.3) is 10.9 Å². The lowest BCUT2D eigenvalue weighted by Crippen LogP contribution is -2.60. The molecule has 1 atom stereocenters. The van der Waals surface area contributed by atoms with Crippen LogP contribution < -0.4 is 15.5 Å². The Balaban J connectivity index is 1.43. The van der Waals surface area contributed by atoms with Crippen LogP contribution in [0.15, 0.2) is 42.6 Å². The van der Waals surface area contributed by atoms with E-state index in [1.807, 2.05) is 42.2 Å². The molecular weight excluding hydrogens is 344 g/mol. The number of aromatic amines is 1. The molecule has 3 heterocycles. The lowest BCUT2D eigenvalue weighted by Gasteiger charge is -2.44. The van der Waals surface area contributed by atoms with E-state index in [-0.39, 0.29) is 12.1 Å². The topological polar surface area (TPSA) is 106 Å². The first-order valence-corrected chi connectivity index (χ1v) is 8.85. The molecule has 0 bridgehead atoms. The van der Waals surface area contributed by atoms with E-state index in [9.17, 15) is 9.90 Å². The SMILES string of the molecule is CC(NC(=O)Nc1cc2[nH]nc(N3CC(C)(O)C3)c2cn1)c1ccccc1. The average Bonchev–Trinajstić information content (AvgIpc) is 3.03. The maximum Gasteiger partial charge on any atom is 0.320 e. The van der Waals surface area contributed by atoms with Crippen LogP contribution in [0.5, 0.6) is 0 Å². The predicted molar refractivity (Wildman–Crippen MR) is 104 cm³/mol. The van der Waals surface area contributed by atoms with E-state index in [0.29, 0.717) is 18.9 Å². The Labute approximate surface area is 156 Å². The van der Waals surface area contributed by atoms with Gasteiger partial charge < -0.3 is 15.3 Å². The van der Waals surface area contributed by atoms with E-state index in [0.717, 1.165) is 22.3 Å². The number of carbonyl (C=O) groups excluding carboxylic acids is 1. The molecule has 0 aliphatic carbocycles. The monoisotopic (exact) mass is 366 g/mol. The summed E-state index contributed by atoms with van der Waals surface area (Å²) < 4.78 is 0. The molecule has 0 radical (unpaired) electrons. The van der Waals surface area contributed by atoms with Gasteiger partial charge in [0.25, 0.3) is 0 Å². The average molecular weight is 366 g/mol. The maximum absolute atomic E-state index is 12.2. The Morgan fingerprint density at radius 3 is 2.78 bits per heavy atom. The summed E-state index contributed by atoms with van der Waals surface area (Å²) >= 11 is 0. The molecule has 1 saturated heterocycles. The number of nitrogens with one attached hydrogen (secondary N) is 3. The van der Waals surface area contributed by atoms with Gasteiger partial charge in [-0.3, -0.25) is 10.4 Å². The molecule has 1 aliphatic heterocycles. The van der Waals surface area contributed by atoms with Crippen LogP contribution in [-0.2, 0) is 0 Å². The number of aromatic nitrogens is 3. The van der Waals surface area contributed by atoms with Gasteiger partial charge in [-0.2, -0.15) is 5.10 Å². The lowest BCUT2D eigenvalue weighted by atomic mass is 9.97. The molecule has 1 aromatic carbocycles. The van der Waals surface area contributed by atoms with Crippen molar-refractivity contribution in [2.45, 2.75) is 25.5 Å². The molecule has 8 nitrogen and oxygen atoms in total. The molecule has 3 aromatic rings. The van der Waals surface area contributed by atoms with Crippen LogP contribution in [0.1, 0.15) is 25.5 Å². The minimum absolute atomic E-state index is 0.118. The number of urea groups is 1. The van der Waals surface area contributed by atoms with Gasteiger partial charge in [0, 0.05) is 25.4 Å². The Morgan fingerprint density at radius 2 is 2.07 bits per heavy atom. The number of carbonyl (C=O) groups is 1. The van der Waals surface area contributed by atoms with Crippen molar-refractivity contribution in [1.82, 2.24) is 20.5 Å². The van der Waals surface area contributed by atoms with Crippen molar-refractivity contribution in [2.24, 2.45) is 0 Å². The highest BCUT2D eigenvalue weighted by Crippen LogP contribution is 2.31. The van der Waals surface area contributed by atoms with Crippen molar-refractivity contribution < 1.29 is 9.90 Å². The summed E-state index contributed by atoms with van der Waals surface area (Å²) in [5.41, 5.74) is 1.13. The second-order valence-corrected chi connectivity index (χ2v) is 7.25. The number of hydrogen-bond acceptors (Lipinski definition) is 5. The highest BCUT2D eigenvalue weighted by molar-refractivity contribution is 5.94. The fraction of sp³-hybridized carbons (Fsp3) is 0.316. The molecule has 27 heavy (non-hydrogen) atoms. The summed E-state index contributed by atoms with van der Waals surface area (Å²) in [6, 6.07) is 11.1. The van der Waals surface area contributed by atoms with Gasteiger partial charge in [-0.05, 0) is 19.4 Å². The molecule has 0 saturated carbocycles. The zero-order chi connectivity index (χ0) is 19.0. The van der Waals surface area contributed by atoms with Gasteiger partial charge in [0.1, 0.15) is 5.82 Å². The highest BCUT2D eigenvalue weighted by Gasteiger charge is 2.38. The zero-order valence-corrected chi connectivity index (χ0v) is 15.2. The van der Waals surface area contributed by atoms with Crippen LogP contribution in [0, 0.1) is 0 Å². The van der Waals surface area contributed by atoms with Gasteiger partial charge in [0.2, 0.25) is 0 Å². The second-order valence-electron chi connectivity index (χ2n) is 7.25. The third-order valence-corrected chi connectivity index (χ3v) is 4.68. The number of nitrogens with zero attached hydrogens (tertiary/aromatic N) is 3. The first-order valence-electron chi connectivity index (χ1n) is 8.85. The quantitative estimate of drug-likeness (QED) is 0.567. The van der Waals surface area contributed by atoms with Crippen LogP contribution >= 0.6 is 0 Å². The number of benzene rings is 1. The van der Waals surface area contributed by atoms with Crippen LogP contribution in [-0.4, -0.2) is 45.0 Å². The fourth-order valence-corrected chi connectivity index (χ4v) is 3.31. The first-order chi connectivity index (χ1) is 12.9. The molecule has 1 aliphatic rings. The number of amides is 2. The largest absolute Gasteiger partial charge is 0.386 e. The lowest BCUT2D eigenvalue weighted by molar-refractivity contribution is 0.0307. The van der Waals surface area contributed by atoms with Crippen molar-refractivity contribution in [1.29, 1.82) is 0 Å². The minimum Gasteiger partial charge on any atom is -0.386 e. The van der Waals surface area contributed by atoms with Gasteiger partial charge in [-0.15, -0.1) is 0 Å². The number of pyridine rings is 1. The number of β-amino-alcohol motifs (C(OH)–C–C–N with tert-alkyl or cyclic N) is 1. The predicted octanol–water partition coefficient (Wildman–Crippen LogP) is 2.41. The molecule has 2 amide bonds. The Morgan fingerprint density at radius 1 is 1.33 bits per heavy atom. The van der Waals surface area contributed by atoms with E-state index in [1.54, 1.807) is 19.2 Å². The second kappa shape index (κ2) is 6.55. The molecule has 0 spiro atoms. The number of aliphatic hydroxyl groups is 1. The van der Waals surface area contributed by atoms with Gasteiger partial charge in [-0.25, -0.2) is 9.78 Å². The van der Waals surface area contributed by atoms with E-state index in [4.69, 9.17) is 0 Å². The molecule has 1 fully saturated rings. The summed E-state index contributed by atoms with van der Waals surface area (Å²) in [7, 11) is 0. The van der Waals surface area contributed by atoms with Crippen molar-refractivity contribution in [3.05, 3.63) is 48.2 Å². The van der Waals surface area contributed by atoms with Gasteiger partial charge in [-0.1, -0.05) is 30.3 Å². The molecule has 8 heteroatoms. The normalized spacial score (nSPS) is 16.6. The summed E-state index contributed by atoms with van der Waals surface area (Å²) in [5, 5.41) is 23.7. The van der Waals surface area contributed by atoms with Crippen LogP contribution in [0.4, 0.5) is 16.4 Å². The summed E-state index contributed by atoms with van der Waals surface area (Å²) in [6.45, 7) is 4.79. The molecular formula is C19H22N6O2. The van der Waals surface area contributed by atoms with Gasteiger partial charge >= 0.3 is 6.03 Å². The maximum atomic E-state index is 12.2. The highest BCUT2D eigenvalue weighted by atomic mass is 16.3. The third-order valence-electron chi connectivity index (χ3n) is 4.68. The number of rotatable bonds is 4. The van der Waals surface area contributed by atoms with Crippen LogP contribution in [0.3, 0.4) is 0 Å². The Bertz CT molecular complexity index is 961. The first kappa shape index (κ1) is 17.3. The Kier molecular flexibility index (Phi) is 4.19. The fourth-order valence-electron chi connectivity index (χ4n) is 3.31. The van der Waals surface area contributed by atoms with Gasteiger partial charge in [0.15, 0.2) is 5.82 Å². The molecule has 1 unspecified atom stereocenters. The van der Waals surface area contributed by atoms with Crippen molar-refractivity contribution in [3.8, 4) is 0 Å². The summed E-state index contributed by atoms with van der Waals surface area (Å²) in [6.07, 6.45) is 1.68. The summed E-state index contributed by atoms with van der Waals surface area (Å²) in [4.78, 5) is 18.6. The van der Waals surface area contributed by atoms with E-state index in [1.165, 1.54) is 0 Å². The van der Waals surface area contributed by atoms with Gasteiger partial charge in [0.05, 0.1) is 22.5 Å². The van der Waals surface area contributed by atoms with Crippen molar-refractivity contribution in [2.75, 3.05) is 23.3 Å². The molecule has 4 N–H and O–H groups in total. The number of fused-ring (bicyclic) bond motifs is 1. The van der Waals surface area contributed by atoms with E-state index in [2.05, 4.69) is 25.8 Å². The van der Waals surface area contributed by atoms with E-state index < -0.39 is 5.60 Å². The zero-order valence-electron chi connectivity index (χ0n) is 15.2. The van der Waals surface area contributed by atoms with Crippen molar-refractivity contribution >= 4 is 28.6 Å². The smallest absolute Gasteiger partial charge is 0.320 e. The number of anilines is 2. The third kappa shape index (κ3) is 3.56. The molecule has 2 aromatic heterocycles.